The van der Waals surface area contributed by atoms with Crippen LogP contribution in [0.5, 0.6) is 0 Å². The van der Waals surface area contributed by atoms with Crippen molar-refractivity contribution in [3.05, 3.63) is 48.8 Å². The third-order valence-corrected chi connectivity index (χ3v) is 4.94. The van der Waals surface area contributed by atoms with Crippen molar-refractivity contribution in [2.45, 2.75) is 31.2 Å². The third kappa shape index (κ3) is 5.09. The molecular weight excluding hydrogens is 354 g/mol. The van der Waals surface area contributed by atoms with Gasteiger partial charge in [-0.1, -0.05) is 31.2 Å². The lowest BCUT2D eigenvalue weighted by molar-refractivity contribution is -0.121. The Morgan fingerprint density at radius 2 is 1.88 bits per heavy atom. The lowest BCUT2D eigenvalue weighted by atomic mass is 10.0. The summed E-state index contributed by atoms with van der Waals surface area (Å²) in [6.45, 7) is 3.78. The summed E-state index contributed by atoms with van der Waals surface area (Å²) < 4.78 is 27.2. The maximum Gasteiger partial charge on any atom is 0.264 e. The minimum Gasteiger partial charge on any atom is -0.305 e. The van der Waals surface area contributed by atoms with E-state index in [0.29, 0.717) is 12.0 Å². The topological polar surface area (TPSA) is 127 Å². The molecule has 8 nitrogen and oxygen atoms in total. The molecule has 0 aliphatic heterocycles. The maximum absolute atomic E-state index is 12.6. The van der Waals surface area contributed by atoms with Gasteiger partial charge in [-0.25, -0.2) is 13.1 Å². The predicted octanol–water partition coefficient (Wildman–Crippen LogP) is 2.29. The van der Waals surface area contributed by atoms with E-state index in [-0.39, 0.29) is 10.8 Å². The van der Waals surface area contributed by atoms with Crippen LogP contribution in [0.1, 0.15) is 20.3 Å². The van der Waals surface area contributed by atoms with Gasteiger partial charge in [0.25, 0.3) is 15.9 Å². The zero-order chi connectivity index (χ0) is 19.2. The van der Waals surface area contributed by atoms with Crippen LogP contribution in [-0.2, 0) is 14.8 Å². The van der Waals surface area contributed by atoms with Crippen LogP contribution in [0.4, 0.5) is 0 Å². The zero-order valence-electron chi connectivity index (χ0n) is 14.5. The second-order valence-corrected chi connectivity index (χ2v) is 7.79. The molecule has 138 valence electrons. The number of benzene rings is 1. The van der Waals surface area contributed by atoms with Crippen LogP contribution >= 0.6 is 0 Å². The maximum atomic E-state index is 12.6. The number of sulfonamides is 1. The summed E-state index contributed by atoms with van der Waals surface area (Å²) in [5.41, 5.74) is 1.51. The molecule has 0 saturated carbocycles. The highest BCUT2D eigenvalue weighted by Gasteiger charge is 2.25. The van der Waals surface area contributed by atoms with Crippen molar-refractivity contribution in [2.75, 3.05) is 0 Å². The van der Waals surface area contributed by atoms with Crippen molar-refractivity contribution in [2.24, 2.45) is 22.1 Å². The Hall–Kier alpha value is -2.81. The second-order valence-electron chi connectivity index (χ2n) is 6.11. The summed E-state index contributed by atoms with van der Waals surface area (Å²) in [6, 6.07) is 8.88. The first-order chi connectivity index (χ1) is 12.3. The minimum absolute atomic E-state index is 0.0202. The first kappa shape index (κ1) is 19.5. The van der Waals surface area contributed by atoms with Gasteiger partial charge in [0.15, 0.2) is 6.04 Å². The number of aromatic nitrogens is 1. The van der Waals surface area contributed by atoms with E-state index in [2.05, 4.69) is 20.0 Å². The van der Waals surface area contributed by atoms with Crippen LogP contribution in [0.2, 0.25) is 0 Å². The van der Waals surface area contributed by atoms with E-state index in [0.717, 1.165) is 5.56 Å². The summed E-state index contributed by atoms with van der Waals surface area (Å²) in [7, 11) is -4.05. The fourth-order valence-electron chi connectivity index (χ4n) is 2.38. The molecular formula is C17H21N5O3S. The van der Waals surface area contributed by atoms with Gasteiger partial charge in [0.2, 0.25) is 0 Å². The Bertz CT molecular complexity index is 882. The molecule has 0 fully saturated rings. The van der Waals surface area contributed by atoms with Crippen molar-refractivity contribution in [3.63, 3.8) is 0 Å². The fourth-order valence-corrected chi connectivity index (χ4v) is 3.44. The average molecular weight is 375 g/mol. The SMILES string of the molecule is CC(C)C[C@H](N=NN)C(=O)NS(=O)(=O)c1cccc(-c2ccncc2)c1. The van der Waals surface area contributed by atoms with Gasteiger partial charge in [-0.15, -0.1) is 0 Å². The number of hydrogen-bond donors (Lipinski definition) is 2. The Morgan fingerprint density at radius 3 is 2.50 bits per heavy atom. The van der Waals surface area contributed by atoms with Gasteiger partial charge < -0.3 is 5.84 Å². The number of pyridine rings is 1. The number of nitrogens with two attached hydrogens (primary N) is 1. The molecule has 2 aromatic rings. The van der Waals surface area contributed by atoms with Crippen LogP contribution in [0.3, 0.4) is 0 Å². The van der Waals surface area contributed by atoms with Crippen LogP contribution in [0.25, 0.3) is 11.1 Å². The van der Waals surface area contributed by atoms with E-state index in [9.17, 15) is 13.2 Å². The van der Waals surface area contributed by atoms with Crippen molar-refractivity contribution < 1.29 is 13.2 Å². The molecule has 26 heavy (non-hydrogen) atoms. The quantitative estimate of drug-likeness (QED) is 0.436. The summed E-state index contributed by atoms with van der Waals surface area (Å²) in [6.07, 6.45) is 3.57. The highest BCUT2D eigenvalue weighted by atomic mass is 32.2. The van der Waals surface area contributed by atoms with Crippen LogP contribution in [0, 0.1) is 5.92 Å². The van der Waals surface area contributed by atoms with Gasteiger partial charge in [0, 0.05) is 12.4 Å². The second kappa shape index (κ2) is 8.52. The first-order valence-corrected chi connectivity index (χ1v) is 9.49. The number of carbonyl (C=O) groups is 1. The lowest BCUT2D eigenvalue weighted by Gasteiger charge is -2.14. The highest BCUT2D eigenvalue weighted by molar-refractivity contribution is 7.90. The smallest absolute Gasteiger partial charge is 0.264 e. The van der Waals surface area contributed by atoms with Crippen molar-refractivity contribution >= 4 is 15.9 Å². The molecule has 1 amide bonds. The predicted molar refractivity (Wildman–Crippen MR) is 97.3 cm³/mol. The summed E-state index contributed by atoms with van der Waals surface area (Å²) in [5.74, 6) is 4.38. The Kier molecular flexibility index (Phi) is 6.40. The van der Waals surface area contributed by atoms with Crippen LogP contribution < -0.4 is 10.6 Å². The molecule has 0 spiro atoms. The Labute approximate surface area is 152 Å². The van der Waals surface area contributed by atoms with Gasteiger partial charge in [-0.05, 0) is 47.7 Å². The number of amides is 1. The molecule has 0 unspecified atom stereocenters. The third-order valence-electron chi connectivity index (χ3n) is 3.60. The molecule has 0 aliphatic rings. The monoisotopic (exact) mass is 375 g/mol. The van der Waals surface area contributed by atoms with Crippen molar-refractivity contribution in [1.29, 1.82) is 0 Å². The van der Waals surface area contributed by atoms with Gasteiger partial charge in [0.1, 0.15) is 0 Å². The van der Waals surface area contributed by atoms with Gasteiger partial charge in [-0.2, -0.15) is 5.11 Å². The molecule has 1 heterocycles. The Balaban J connectivity index is 2.26. The molecule has 0 saturated heterocycles. The van der Waals surface area contributed by atoms with E-state index in [1.165, 1.54) is 12.1 Å². The molecule has 9 heteroatoms. The molecule has 2 rings (SSSR count). The molecule has 1 atom stereocenters. The lowest BCUT2D eigenvalue weighted by Crippen LogP contribution is -2.38. The van der Waals surface area contributed by atoms with E-state index < -0.39 is 22.0 Å². The van der Waals surface area contributed by atoms with E-state index >= 15 is 0 Å². The minimum atomic E-state index is -4.05. The van der Waals surface area contributed by atoms with Gasteiger partial charge in [-0.3, -0.25) is 9.78 Å². The first-order valence-electron chi connectivity index (χ1n) is 8.00. The van der Waals surface area contributed by atoms with Crippen molar-refractivity contribution in [3.8, 4) is 11.1 Å². The standard InChI is InChI=1S/C17H21N5O3S/c1-12(2)10-16(20-22-18)17(23)21-26(24,25)15-5-3-4-14(11-15)13-6-8-19-9-7-13/h3-9,11-12,16H,10H2,1-2H3,(H2,18,20)(H,21,23)/t16-/m0/s1. The van der Waals surface area contributed by atoms with E-state index in [1.807, 2.05) is 13.8 Å². The fraction of sp³-hybridized carbons (Fsp3) is 0.294. The number of nitrogens with one attached hydrogen (secondary N) is 1. The van der Waals surface area contributed by atoms with Crippen molar-refractivity contribution in [1.82, 2.24) is 9.71 Å². The molecule has 0 radical (unpaired) electrons. The zero-order valence-corrected chi connectivity index (χ0v) is 15.3. The molecule has 3 N–H and O–H groups in total. The molecule has 0 bridgehead atoms. The number of nitrogens with zero attached hydrogens (tertiary/aromatic N) is 3. The summed E-state index contributed by atoms with van der Waals surface area (Å²) in [5, 5.41) is 6.76. The summed E-state index contributed by atoms with van der Waals surface area (Å²) in [4.78, 5) is 16.2. The van der Waals surface area contributed by atoms with E-state index in [4.69, 9.17) is 5.84 Å². The number of rotatable bonds is 7. The molecule has 1 aromatic heterocycles. The molecule has 0 aliphatic carbocycles. The summed E-state index contributed by atoms with van der Waals surface area (Å²) >= 11 is 0. The van der Waals surface area contributed by atoms with E-state index in [1.54, 1.807) is 36.7 Å². The number of hydrogen-bond acceptors (Lipinski definition) is 6. The van der Waals surface area contributed by atoms with Crippen LogP contribution in [0.15, 0.2) is 64.0 Å². The Morgan fingerprint density at radius 1 is 1.19 bits per heavy atom. The highest BCUT2D eigenvalue weighted by Crippen LogP contribution is 2.22. The average Bonchev–Trinajstić information content (AvgIpc) is 2.61. The normalized spacial score (nSPS) is 13.0. The van der Waals surface area contributed by atoms with Gasteiger partial charge in [0.05, 0.1) is 4.90 Å². The number of carbonyl (C=O) groups excluding carboxylic acids is 1. The van der Waals surface area contributed by atoms with Crippen LogP contribution in [-0.4, -0.2) is 25.4 Å². The molecule has 1 aromatic carbocycles. The van der Waals surface area contributed by atoms with Gasteiger partial charge >= 0.3 is 0 Å². The largest absolute Gasteiger partial charge is 0.305 e.